The van der Waals surface area contributed by atoms with Gasteiger partial charge >= 0.3 is 0 Å². The number of carbonyl (C=O) groups is 1. The van der Waals surface area contributed by atoms with E-state index in [2.05, 4.69) is 49.6 Å². The first-order valence-corrected chi connectivity index (χ1v) is 9.40. The van der Waals surface area contributed by atoms with Crippen molar-refractivity contribution in [3.8, 4) is 5.75 Å². The second kappa shape index (κ2) is 9.97. The minimum atomic E-state index is -0.00689. The third kappa shape index (κ3) is 5.09. The lowest BCUT2D eigenvalue weighted by atomic mass is 10.0. The summed E-state index contributed by atoms with van der Waals surface area (Å²) in [6.07, 6.45) is 2.71. The molecule has 0 bridgehead atoms. The zero-order chi connectivity index (χ0) is 18.9. The molecule has 0 aliphatic carbocycles. The molecule has 0 saturated carbocycles. The van der Waals surface area contributed by atoms with Crippen LogP contribution in [0.25, 0.3) is 0 Å². The highest BCUT2D eigenvalue weighted by atomic mass is 16.5. The summed E-state index contributed by atoms with van der Waals surface area (Å²) in [5.41, 5.74) is 4.49. The first-order valence-electron chi connectivity index (χ1n) is 9.40. The molecule has 26 heavy (non-hydrogen) atoms. The Balaban J connectivity index is 2.01. The van der Waals surface area contributed by atoms with Gasteiger partial charge in [0, 0.05) is 11.7 Å². The largest absolute Gasteiger partial charge is 0.497 e. The van der Waals surface area contributed by atoms with Gasteiger partial charge < -0.3 is 15.4 Å². The molecule has 0 radical (unpaired) electrons. The lowest BCUT2D eigenvalue weighted by molar-refractivity contribution is -0.115. The number of hydrogen-bond acceptors (Lipinski definition) is 3. The molecule has 0 fully saturated rings. The van der Waals surface area contributed by atoms with Crippen LogP contribution in [0, 0.1) is 0 Å². The Labute approximate surface area is 157 Å². The van der Waals surface area contributed by atoms with E-state index in [0.717, 1.165) is 36.3 Å². The molecule has 2 rings (SSSR count). The Morgan fingerprint density at radius 1 is 1.00 bits per heavy atom. The first kappa shape index (κ1) is 20.0. The maximum Gasteiger partial charge on any atom is 0.238 e. The Hall–Kier alpha value is -2.33. The Bertz CT molecular complexity index is 688. The maximum atomic E-state index is 12.5. The van der Waals surface area contributed by atoms with Crippen molar-refractivity contribution in [2.45, 2.75) is 46.1 Å². The van der Waals surface area contributed by atoms with Gasteiger partial charge in [-0.25, -0.2) is 0 Å². The number of nitrogens with one attached hydrogen (secondary N) is 2. The van der Waals surface area contributed by atoms with Gasteiger partial charge in [0.2, 0.25) is 5.91 Å². The minimum absolute atomic E-state index is 0.00689. The van der Waals surface area contributed by atoms with Crippen LogP contribution in [0.4, 0.5) is 5.69 Å². The molecule has 0 heterocycles. The highest BCUT2D eigenvalue weighted by Crippen LogP contribution is 2.23. The summed E-state index contributed by atoms with van der Waals surface area (Å²) in [5.74, 6) is 0.831. The molecule has 4 nitrogen and oxygen atoms in total. The van der Waals surface area contributed by atoms with Gasteiger partial charge in [-0.05, 0) is 48.1 Å². The van der Waals surface area contributed by atoms with Gasteiger partial charge in [0.25, 0.3) is 0 Å². The van der Waals surface area contributed by atoms with Crippen molar-refractivity contribution in [2.24, 2.45) is 0 Å². The lowest BCUT2D eigenvalue weighted by Gasteiger charge is -2.19. The molecule has 2 aromatic rings. The molecule has 0 saturated heterocycles. The fourth-order valence-corrected chi connectivity index (χ4v) is 3.14. The molecule has 4 heteroatoms. The predicted molar refractivity (Wildman–Crippen MR) is 108 cm³/mol. The minimum Gasteiger partial charge on any atom is -0.497 e. The van der Waals surface area contributed by atoms with Gasteiger partial charge in [0.15, 0.2) is 0 Å². The van der Waals surface area contributed by atoms with E-state index >= 15 is 0 Å². The van der Waals surface area contributed by atoms with Crippen LogP contribution in [0.15, 0.2) is 42.5 Å². The third-order valence-electron chi connectivity index (χ3n) is 4.70. The van der Waals surface area contributed by atoms with Crippen molar-refractivity contribution in [1.29, 1.82) is 0 Å². The number of aryl methyl sites for hydroxylation is 2. The van der Waals surface area contributed by atoms with Crippen LogP contribution in [0.1, 0.15) is 49.9 Å². The van der Waals surface area contributed by atoms with Crippen LogP contribution in [-0.2, 0) is 17.6 Å². The number of rotatable bonds is 9. The average Bonchev–Trinajstić information content (AvgIpc) is 2.69. The molecular formula is C22H30N2O2. The first-order chi connectivity index (χ1) is 12.6. The van der Waals surface area contributed by atoms with E-state index in [4.69, 9.17) is 4.74 Å². The Kier molecular flexibility index (Phi) is 7.67. The number of para-hydroxylation sites is 1. The normalized spacial score (nSPS) is 11.8. The SMILES string of the molecule is CCc1cccc(CC)c1NC(=O)CN[C@H](CC)c1ccc(OC)cc1. The van der Waals surface area contributed by atoms with Gasteiger partial charge in [-0.15, -0.1) is 0 Å². The van der Waals surface area contributed by atoms with Crippen molar-refractivity contribution in [2.75, 3.05) is 19.0 Å². The third-order valence-corrected chi connectivity index (χ3v) is 4.70. The van der Waals surface area contributed by atoms with E-state index in [0.29, 0.717) is 0 Å². The van der Waals surface area contributed by atoms with Crippen molar-refractivity contribution in [1.82, 2.24) is 5.32 Å². The van der Waals surface area contributed by atoms with Crippen LogP contribution in [0.5, 0.6) is 5.75 Å². The molecule has 2 aromatic carbocycles. The number of benzene rings is 2. The Morgan fingerprint density at radius 2 is 1.62 bits per heavy atom. The molecule has 0 spiro atoms. The quantitative estimate of drug-likeness (QED) is 0.697. The number of amides is 1. The van der Waals surface area contributed by atoms with Crippen LogP contribution in [-0.4, -0.2) is 19.6 Å². The fraction of sp³-hybridized carbons (Fsp3) is 0.409. The van der Waals surface area contributed by atoms with Crippen molar-refractivity contribution >= 4 is 11.6 Å². The van der Waals surface area contributed by atoms with E-state index in [1.807, 2.05) is 24.3 Å². The molecule has 0 aliphatic rings. The predicted octanol–water partition coefficient (Wildman–Crippen LogP) is 4.50. The molecule has 0 unspecified atom stereocenters. The van der Waals surface area contributed by atoms with Crippen molar-refractivity contribution in [3.63, 3.8) is 0 Å². The average molecular weight is 354 g/mol. The molecule has 1 atom stereocenters. The second-order valence-corrected chi connectivity index (χ2v) is 6.32. The van der Waals surface area contributed by atoms with E-state index in [1.54, 1.807) is 7.11 Å². The molecule has 140 valence electrons. The number of methoxy groups -OCH3 is 1. The van der Waals surface area contributed by atoms with E-state index in [9.17, 15) is 4.79 Å². The molecule has 1 amide bonds. The molecule has 0 aromatic heterocycles. The summed E-state index contributed by atoms with van der Waals surface area (Å²) >= 11 is 0. The smallest absolute Gasteiger partial charge is 0.238 e. The van der Waals surface area contributed by atoms with Crippen molar-refractivity contribution in [3.05, 3.63) is 59.2 Å². The van der Waals surface area contributed by atoms with Crippen LogP contribution < -0.4 is 15.4 Å². The number of hydrogen-bond donors (Lipinski definition) is 2. The van der Waals surface area contributed by atoms with E-state index in [-0.39, 0.29) is 18.5 Å². The van der Waals surface area contributed by atoms with E-state index < -0.39 is 0 Å². The van der Waals surface area contributed by atoms with Crippen molar-refractivity contribution < 1.29 is 9.53 Å². The molecular weight excluding hydrogens is 324 g/mol. The molecule has 2 N–H and O–H groups in total. The van der Waals surface area contributed by atoms with Gasteiger partial charge in [0.1, 0.15) is 5.75 Å². The zero-order valence-corrected chi connectivity index (χ0v) is 16.3. The summed E-state index contributed by atoms with van der Waals surface area (Å²) in [6.45, 7) is 6.62. The van der Waals surface area contributed by atoms with E-state index in [1.165, 1.54) is 11.1 Å². The van der Waals surface area contributed by atoms with Gasteiger partial charge in [-0.1, -0.05) is 51.1 Å². The number of ether oxygens (including phenoxy) is 1. The topological polar surface area (TPSA) is 50.4 Å². The lowest BCUT2D eigenvalue weighted by Crippen LogP contribution is -2.31. The van der Waals surface area contributed by atoms with Gasteiger partial charge in [-0.2, -0.15) is 0 Å². The standard InChI is InChI=1S/C22H30N2O2/c1-5-16-9-8-10-17(6-2)22(16)24-21(25)15-23-20(7-3)18-11-13-19(26-4)14-12-18/h8-14,20,23H,5-7,15H2,1-4H3,(H,24,25)/t20-/m1/s1. The van der Waals surface area contributed by atoms with Crippen LogP contribution in [0.3, 0.4) is 0 Å². The Morgan fingerprint density at radius 3 is 2.12 bits per heavy atom. The van der Waals surface area contributed by atoms with Gasteiger partial charge in [-0.3, -0.25) is 4.79 Å². The zero-order valence-electron chi connectivity index (χ0n) is 16.3. The van der Waals surface area contributed by atoms with Gasteiger partial charge in [0.05, 0.1) is 13.7 Å². The highest BCUT2D eigenvalue weighted by Gasteiger charge is 2.13. The summed E-state index contributed by atoms with van der Waals surface area (Å²) in [7, 11) is 1.66. The second-order valence-electron chi connectivity index (χ2n) is 6.32. The number of carbonyl (C=O) groups excluding carboxylic acids is 1. The maximum absolute atomic E-state index is 12.5. The summed E-state index contributed by atoms with van der Waals surface area (Å²) < 4.78 is 5.21. The number of anilines is 1. The molecule has 0 aliphatic heterocycles. The summed E-state index contributed by atoms with van der Waals surface area (Å²) in [4.78, 5) is 12.5. The summed E-state index contributed by atoms with van der Waals surface area (Å²) in [6, 6.07) is 14.3. The monoisotopic (exact) mass is 354 g/mol. The van der Waals surface area contributed by atoms with Crippen LogP contribution >= 0.6 is 0 Å². The highest BCUT2D eigenvalue weighted by molar-refractivity contribution is 5.93. The summed E-state index contributed by atoms with van der Waals surface area (Å²) in [5, 5.41) is 6.47. The van der Waals surface area contributed by atoms with Crippen LogP contribution in [0.2, 0.25) is 0 Å². The fourth-order valence-electron chi connectivity index (χ4n) is 3.14.